The van der Waals surface area contributed by atoms with Gasteiger partial charge in [-0.05, 0) is 52.6 Å². The van der Waals surface area contributed by atoms with E-state index in [1.165, 1.54) is 36.5 Å². The zero-order valence-corrected chi connectivity index (χ0v) is 17.1. The third-order valence-electron chi connectivity index (χ3n) is 5.93. The number of aryl methyl sites for hydroxylation is 1. The second kappa shape index (κ2) is 8.17. The maximum Gasteiger partial charge on any atom is 0.323 e. The highest BCUT2D eigenvalue weighted by atomic mass is 16.5. The molecule has 0 saturated carbocycles. The minimum absolute atomic E-state index is 0.348. The van der Waals surface area contributed by atoms with Gasteiger partial charge < -0.3 is 9.47 Å². The first kappa shape index (κ1) is 20.1. The minimum atomic E-state index is -1.27. The van der Waals surface area contributed by atoms with Crippen LogP contribution in [0.2, 0.25) is 0 Å². The van der Waals surface area contributed by atoms with Crippen molar-refractivity contribution in [2.45, 2.75) is 46.0 Å². The highest BCUT2D eigenvalue weighted by Crippen LogP contribution is 2.44. The molecule has 0 heterocycles. The smallest absolute Gasteiger partial charge is 0.323 e. The zero-order valence-electron chi connectivity index (χ0n) is 17.1. The molecule has 1 aliphatic carbocycles. The highest BCUT2D eigenvalue weighted by Gasteiger charge is 2.53. The number of esters is 2. The zero-order chi connectivity index (χ0) is 20.3. The van der Waals surface area contributed by atoms with E-state index in [1.54, 1.807) is 0 Å². The van der Waals surface area contributed by atoms with E-state index < -0.39 is 17.4 Å². The summed E-state index contributed by atoms with van der Waals surface area (Å²) in [7, 11) is 2.66. The van der Waals surface area contributed by atoms with Crippen LogP contribution in [-0.4, -0.2) is 26.2 Å². The van der Waals surface area contributed by atoms with Crippen LogP contribution < -0.4 is 0 Å². The SMILES string of the molecule is CCc1cc(Cc2ccccc2)c(CC)c2c1CC(C(=O)OC)(C(=O)OC)C2. The molecule has 0 amide bonds. The van der Waals surface area contributed by atoms with Crippen LogP contribution in [0.4, 0.5) is 0 Å². The fraction of sp³-hybridized carbons (Fsp3) is 0.417. The van der Waals surface area contributed by atoms with Crippen LogP contribution in [0.1, 0.15) is 47.2 Å². The first-order chi connectivity index (χ1) is 13.5. The molecule has 0 atom stereocenters. The first-order valence-electron chi connectivity index (χ1n) is 9.86. The molecule has 0 unspecified atom stereocenters. The number of methoxy groups -OCH3 is 2. The predicted octanol–water partition coefficient (Wildman–Crippen LogP) is 3.83. The first-order valence-corrected chi connectivity index (χ1v) is 9.86. The van der Waals surface area contributed by atoms with Gasteiger partial charge in [-0.15, -0.1) is 0 Å². The van der Waals surface area contributed by atoms with E-state index in [4.69, 9.17) is 9.47 Å². The van der Waals surface area contributed by atoms with E-state index >= 15 is 0 Å². The molecule has 3 rings (SSSR count). The van der Waals surface area contributed by atoms with E-state index in [2.05, 4.69) is 44.2 Å². The van der Waals surface area contributed by atoms with Crippen molar-refractivity contribution in [2.75, 3.05) is 14.2 Å². The maximum atomic E-state index is 12.7. The van der Waals surface area contributed by atoms with Crippen molar-refractivity contribution in [3.63, 3.8) is 0 Å². The summed E-state index contributed by atoms with van der Waals surface area (Å²) in [6.07, 6.45) is 3.25. The van der Waals surface area contributed by atoms with Crippen molar-refractivity contribution in [1.29, 1.82) is 0 Å². The number of hydrogen-bond donors (Lipinski definition) is 0. The van der Waals surface area contributed by atoms with E-state index in [0.717, 1.165) is 30.4 Å². The maximum absolute atomic E-state index is 12.7. The van der Waals surface area contributed by atoms with Crippen molar-refractivity contribution >= 4 is 11.9 Å². The predicted molar refractivity (Wildman–Crippen MR) is 108 cm³/mol. The van der Waals surface area contributed by atoms with Gasteiger partial charge in [0.15, 0.2) is 5.41 Å². The molecule has 0 aromatic heterocycles. The second-order valence-corrected chi connectivity index (χ2v) is 7.42. The molecule has 28 heavy (non-hydrogen) atoms. The molecule has 0 spiro atoms. The summed E-state index contributed by atoms with van der Waals surface area (Å²) in [5, 5.41) is 0. The Kier molecular flexibility index (Phi) is 5.87. The fourth-order valence-corrected chi connectivity index (χ4v) is 4.55. The molecular formula is C24H28O4. The van der Waals surface area contributed by atoms with Crippen molar-refractivity contribution in [2.24, 2.45) is 5.41 Å². The van der Waals surface area contributed by atoms with Gasteiger partial charge in [-0.2, -0.15) is 0 Å². The molecule has 0 bridgehead atoms. The van der Waals surface area contributed by atoms with E-state index in [-0.39, 0.29) is 0 Å². The summed E-state index contributed by atoms with van der Waals surface area (Å²) >= 11 is 0. The summed E-state index contributed by atoms with van der Waals surface area (Å²) in [6, 6.07) is 12.6. The second-order valence-electron chi connectivity index (χ2n) is 7.42. The van der Waals surface area contributed by atoms with E-state index in [9.17, 15) is 9.59 Å². The Morgan fingerprint density at radius 2 is 1.50 bits per heavy atom. The molecule has 2 aromatic carbocycles. The molecule has 4 nitrogen and oxygen atoms in total. The lowest BCUT2D eigenvalue weighted by Crippen LogP contribution is -2.42. The van der Waals surface area contributed by atoms with Crippen LogP contribution in [0.3, 0.4) is 0 Å². The molecule has 148 valence electrons. The quantitative estimate of drug-likeness (QED) is 0.564. The number of benzene rings is 2. The Labute approximate surface area is 166 Å². The summed E-state index contributed by atoms with van der Waals surface area (Å²) in [6.45, 7) is 4.25. The van der Waals surface area contributed by atoms with E-state index in [0.29, 0.717) is 12.8 Å². The lowest BCUT2D eigenvalue weighted by atomic mass is 9.84. The average Bonchev–Trinajstić information content (AvgIpc) is 3.14. The molecule has 0 aliphatic heterocycles. The average molecular weight is 380 g/mol. The van der Waals surface area contributed by atoms with Gasteiger partial charge >= 0.3 is 11.9 Å². The number of hydrogen-bond acceptors (Lipinski definition) is 4. The van der Waals surface area contributed by atoms with Crippen molar-refractivity contribution in [1.82, 2.24) is 0 Å². The molecule has 0 N–H and O–H groups in total. The van der Waals surface area contributed by atoms with Crippen molar-refractivity contribution < 1.29 is 19.1 Å². The third kappa shape index (κ3) is 3.32. The molecule has 0 saturated heterocycles. The highest BCUT2D eigenvalue weighted by molar-refractivity contribution is 6.01. The number of carbonyl (C=O) groups is 2. The van der Waals surface area contributed by atoms with E-state index in [1.807, 2.05) is 6.07 Å². The molecule has 2 aromatic rings. The van der Waals surface area contributed by atoms with Gasteiger partial charge in [0.1, 0.15) is 0 Å². The van der Waals surface area contributed by atoms with Crippen molar-refractivity contribution in [3.8, 4) is 0 Å². The lowest BCUT2D eigenvalue weighted by Gasteiger charge is -2.22. The Hall–Kier alpha value is -2.62. The lowest BCUT2D eigenvalue weighted by molar-refractivity contribution is -0.168. The normalized spacial score (nSPS) is 14.4. The minimum Gasteiger partial charge on any atom is -0.468 e. The Morgan fingerprint density at radius 1 is 0.893 bits per heavy atom. The molecule has 4 heteroatoms. The number of ether oxygens (including phenoxy) is 2. The topological polar surface area (TPSA) is 52.6 Å². The van der Waals surface area contributed by atoms with Crippen LogP contribution in [0.15, 0.2) is 36.4 Å². The third-order valence-corrected chi connectivity index (χ3v) is 5.93. The van der Waals surface area contributed by atoms with Gasteiger partial charge in [-0.25, -0.2) is 0 Å². The van der Waals surface area contributed by atoms with Crippen LogP contribution in [0.5, 0.6) is 0 Å². The van der Waals surface area contributed by atoms with Gasteiger partial charge in [0.2, 0.25) is 0 Å². The Bertz CT molecular complexity index is 867. The van der Waals surface area contributed by atoms with Crippen LogP contribution in [0, 0.1) is 5.41 Å². The largest absolute Gasteiger partial charge is 0.468 e. The fourth-order valence-electron chi connectivity index (χ4n) is 4.55. The van der Waals surface area contributed by atoms with Gasteiger partial charge in [0, 0.05) is 12.8 Å². The standard InChI is InChI=1S/C24H28O4/c1-5-17-13-18(12-16-10-8-7-9-11-16)19(6-2)21-15-24(14-20(17)21,22(25)27-3)23(26)28-4/h7-11,13H,5-6,12,14-15H2,1-4H3. The van der Waals surface area contributed by atoms with Gasteiger partial charge in [0.25, 0.3) is 0 Å². The van der Waals surface area contributed by atoms with Crippen LogP contribution >= 0.6 is 0 Å². The number of fused-ring (bicyclic) bond motifs is 1. The Morgan fingerprint density at radius 3 is 2.04 bits per heavy atom. The summed E-state index contributed by atoms with van der Waals surface area (Å²) in [5.74, 6) is -1.02. The molecular weight excluding hydrogens is 352 g/mol. The summed E-state index contributed by atoms with van der Waals surface area (Å²) in [4.78, 5) is 25.3. The van der Waals surface area contributed by atoms with Gasteiger partial charge in [-0.3, -0.25) is 9.59 Å². The van der Waals surface area contributed by atoms with Crippen LogP contribution in [0.25, 0.3) is 0 Å². The summed E-state index contributed by atoms with van der Waals surface area (Å²) < 4.78 is 10.0. The van der Waals surface area contributed by atoms with Crippen LogP contribution in [-0.2, 0) is 51.2 Å². The molecule has 0 radical (unpaired) electrons. The Balaban J connectivity index is 2.13. The summed E-state index contributed by atoms with van der Waals surface area (Å²) in [5.41, 5.74) is 5.94. The molecule has 1 aliphatic rings. The molecule has 0 fully saturated rings. The van der Waals surface area contributed by atoms with Crippen molar-refractivity contribution in [3.05, 3.63) is 69.8 Å². The van der Waals surface area contributed by atoms with Gasteiger partial charge in [0.05, 0.1) is 14.2 Å². The number of carbonyl (C=O) groups excluding carboxylic acids is 2. The number of rotatable bonds is 6. The van der Waals surface area contributed by atoms with Gasteiger partial charge in [-0.1, -0.05) is 50.2 Å². The monoisotopic (exact) mass is 380 g/mol.